The largest absolute Gasteiger partial charge is 0.496 e. The van der Waals surface area contributed by atoms with Crippen molar-refractivity contribution >= 4 is 23.2 Å². The smallest absolute Gasteiger partial charge is 0.228 e. The zero-order valence-corrected chi connectivity index (χ0v) is 14.7. The molecule has 2 aliphatic carbocycles. The molecule has 2 aromatic rings. The van der Waals surface area contributed by atoms with E-state index in [1.165, 1.54) is 7.11 Å². The second-order valence-corrected chi connectivity index (χ2v) is 7.12. The van der Waals surface area contributed by atoms with E-state index in [0.717, 1.165) is 18.4 Å². The Hall–Kier alpha value is -3.21. The van der Waals surface area contributed by atoms with E-state index < -0.39 is 0 Å². The molecule has 0 aromatic heterocycles. The van der Waals surface area contributed by atoms with Crippen LogP contribution in [0.25, 0.3) is 0 Å². The quantitative estimate of drug-likeness (QED) is 0.675. The molecule has 0 spiro atoms. The molecule has 0 saturated carbocycles. The molecule has 5 rings (SSSR count). The van der Waals surface area contributed by atoms with Crippen LogP contribution in [0.4, 0.5) is 5.69 Å². The molecule has 2 atom stereocenters. The Morgan fingerprint density at radius 2 is 1.74 bits per heavy atom. The lowest BCUT2D eigenvalue weighted by atomic mass is 9.72. The van der Waals surface area contributed by atoms with Gasteiger partial charge in [-0.25, -0.2) is 0 Å². The van der Waals surface area contributed by atoms with Gasteiger partial charge in [0.25, 0.3) is 0 Å². The van der Waals surface area contributed by atoms with Crippen molar-refractivity contribution in [1.82, 2.24) is 0 Å². The fourth-order valence-electron chi connectivity index (χ4n) is 4.50. The van der Waals surface area contributed by atoms with Gasteiger partial charge in [-0.15, -0.1) is 0 Å². The summed E-state index contributed by atoms with van der Waals surface area (Å²) in [5.74, 6) is -0.494. The summed E-state index contributed by atoms with van der Waals surface area (Å²) in [7, 11) is 1.50. The average molecular weight is 359 g/mol. The molecule has 1 aliphatic heterocycles. The van der Waals surface area contributed by atoms with Crippen LogP contribution >= 0.6 is 0 Å². The predicted molar refractivity (Wildman–Crippen MR) is 99.5 cm³/mol. The third kappa shape index (κ3) is 2.08. The van der Waals surface area contributed by atoms with Crippen molar-refractivity contribution in [3.63, 3.8) is 0 Å². The summed E-state index contributed by atoms with van der Waals surface area (Å²) < 4.78 is 5.51. The molecule has 0 unspecified atom stereocenters. The molecule has 0 radical (unpaired) electrons. The van der Waals surface area contributed by atoms with Crippen molar-refractivity contribution in [1.29, 1.82) is 0 Å². The van der Waals surface area contributed by atoms with Crippen LogP contribution in [0.2, 0.25) is 0 Å². The number of carbonyl (C=O) groups is 3. The zero-order chi connectivity index (χ0) is 18.7. The lowest BCUT2D eigenvalue weighted by molar-refractivity contribution is -0.120. The third-order valence-corrected chi connectivity index (χ3v) is 5.78. The van der Waals surface area contributed by atoms with Crippen LogP contribution in [-0.2, 0) is 4.79 Å². The molecular formula is C22H17NO4. The van der Waals surface area contributed by atoms with E-state index in [1.807, 2.05) is 6.08 Å². The number of hydrogen-bond acceptors (Lipinski definition) is 4. The SMILES string of the molecule is COc1cc2c(c3c1C(=O)c1ccccc1C3=O)NC(=O)[C@H]1CCC=C[C@@H]21. The van der Waals surface area contributed by atoms with E-state index in [0.29, 0.717) is 22.6 Å². The minimum atomic E-state index is -0.256. The van der Waals surface area contributed by atoms with E-state index in [1.54, 1.807) is 30.3 Å². The number of rotatable bonds is 1. The van der Waals surface area contributed by atoms with E-state index in [-0.39, 0.29) is 40.4 Å². The maximum atomic E-state index is 13.3. The molecule has 134 valence electrons. The maximum absolute atomic E-state index is 13.3. The van der Waals surface area contributed by atoms with E-state index >= 15 is 0 Å². The Kier molecular flexibility index (Phi) is 3.34. The van der Waals surface area contributed by atoms with Crippen molar-refractivity contribution in [3.05, 3.63) is 70.3 Å². The summed E-state index contributed by atoms with van der Waals surface area (Å²) in [6.45, 7) is 0. The standard InChI is InChI=1S/C22H17NO4/c1-27-16-10-15-11-6-2-5-9-14(11)22(26)23-19(15)18-17(16)20(24)12-7-3-4-8-13(12)21(18)25/h2-4,6-8,10-11,14H,5,9H2,1H3,(H,23,26)/t11-,14+/m1/s1. The highest BCUT2D eigenvalue weighted by atomic mass is 16.5. The van der Waals surface area contributed by atoms with Crippen molar-refractivity contribution < 1.29 is 19.1 Å². The first-order valence-electron chi connectivity index (χ1n) is 9.02. The van der Waals surface area contributed by atoms with Gasteiger partial charge >= 0.3 is 0 Å². The summed E-state index contributed by atoms with van der Waals surface area (Å²) >= 11 is 0. The second kappa shape index (κ2) is 5.64. The topological polar surface area (TPSA) is 72.5 Å². The highest BCUT2D eigenvalue weighted by Crippen LogP contribution is 2.48. The Labute approximate surface area is 156 Å². The number of amides is 1. The van der Waals surface area contributed by atoms with Gasteiger partial charge in [-0.3, -0.25) is 14.4 Å². The molecule has 1 N–H and O–H groups in total. The van der Waals surface area contributed by atoms with Gasteiger partial charge in [0, 0.05) is 23.0 Å². The molecule has 5 heteroatoms. The summed E-state index contributed by atoms with van der Waals surface area (Å²) in [4.78, 5) is 39.1. The minimum Gasteiger partial charge on any atom is -0.496 e. The van der Waals surface area contributed by atoms with E-state index in [2.05, 4.69) is 11.4 Å². The van der Waals surface area contributed by atoms with Crippen molar-refractivity contribution in [2.24, 2.45) is 5.92 Å². The van der Waals surface area contributed by atoms with Gasteiger partial charge in [-0.05, 0) is 24.5 Å². The van der Waals surface area contributed by atoms with Gasteiger partial charge in [-0.1, -0.05) is 36.4 Å². The summed E-state index contributed by atoms with van der Waals surface area (Å²) in [6.07, 6.45) is 5.72. The van der Waals surface area contributed by atoms with Gasteiger partial charge < -0.3 is 10.1 Å². The van der Waals surface area contributed by atoms with Crippen molar-refractivity contribution in [2.45, 2.75) is 18.8 Å². The first-order valence-corrected chi connectivity index (χ1v) is 9.02. The van der Waals surface area contributed by atoms with Crippen LogP contribution in [0.3, 0.4) is 0 Å². The van der Waals surface area contributed by atoms with Gasteiger partial charge in [-0.2, -0.15) is 0 Å². The van der Waals surface area contributed by atoms with E-state index in [9.17, 15) is 14.4 Å². The summed E-state index contributed by atoms with van der Waals surface area (Å²) in [5.41, 5.74) is 2.51. The molecule has 2 aromatic carbocycles. The predicted octanol–water partition coefficient (Wildman–Crippen LogP) is 3.47. The van der Waals surface area contributed by atoms with Crippen LogP contribution in [0.5, 0.6) is 5.75 Å². The highest BCUT2D eigenvalue weighted by Gasteiger charge is 2.42. The lowest BCUT2D eigenvalue weighted by Gasteiger charge is -2.36. The first-order chi connectivity index (χ1) is 13.1. The number of nitrogens with one attached hydrogen (secondary N) is 1. The molecule has 27 heavy (non-hydrogen) atoms. The number of allylic oxidation sites excluding steroid dienone is 2. The normalized spacial score (nSPS) is 22.3. The maximum Gasteiger partial charge on any atom is 0.228 e. The molecule has 0 saturated heterocycles. The van der Waals surface area contributed by atoms with Crippen LogP contribution in [0, 0.1) is 5.92 Å². The highest BCUT2D eigenvalue weighted by molar-refractivity contribution is 6.32. The van der Waals surface area contributed by atoms with Crippen LogP contribution < -0.4 is 10.1 Å². The number of carbonyl (C=O) groups excluding carboxylic acids is 3. The summed E-state index contributed by atoms with van der Waals surface area (Å²) in [5, 5.41) is 2.92. The van der Waals surface area contributed by atoms with Gasteiger partial charge in [0.05, 0.1) is 23.9 Å². The first kappa shape index (κ1) is 16.0. The molecule has 3 aliphatic rings. The lowest BCUT2D eigenvalue weighted by Crippen LogP contribution is -2.36. The minimum absolute atomic E-state index is 0.0941. The molecular weight excluding hydrogens is 342 g/mol. The van der Waals surface area contributed by atoms with Gasteiger partial charge in [0.15, 0.2) is 11.6 Å². The van der Waals surface area contributed by atoms with Crippen LogP contribution in [0.15, 0.2) is 42.5 Å². The fourth-order valence-corrected chi connectivity index (χ4v) is 4.50. The van der Waals surface area contributed by atoms with Gasteiger partial charge in [0.1, 0.15) is 5.75 Å². The Balaban J connectivity index is 1.83. The van der Waals surface area contributed by atoms with Crippen LogP contribution in [-0.4, -0.2) is 24.6 Å². The third-order valence-electron chi connectivity index (χ3n) is 5.78. The van der Waals surface area contributed by atoms with Gasteiger partial charge in [0.2, 0.25) is 5.91 Å². The second-order valence-electron chi connectivity index (χ2n) is 7.12. The molecule has 1 amide bonds. The fraction of sp³-hybridized carbons (Fsp3) is 0.227. The Morgan fingerprint density at radius 3 is 2.44 bits per heavy atom. The number of ether oxygens (including phenoxy) is 1. The average Bonchev–Trinajstić information content (AvgIpc) is 2.71. The molecule has 0 fully saturated rings. The molecule has 1 heterocycles. The monoisotopic (exact) mass is 359 g/mol. The zero-order valence-electron chi connectivity index (χ0n) is 14.7. The van der Waals surface area contributed by atoms with Crippen molar-refractivity contribution in [3.8, 4) is 5.75 Å². The van der Waals surface area contributed by atoms with Crippen molar-refractivity contribution in [2.75, 3.05) is 12.4 Å². The number of benzene rings is 2. The summed E-state index contributed by atoms with van der Waals surface area (Å²) in [6, 6.07) is 8.58. The number of ketones is 2. The number of anilines is 1. The molecule has 5 nitrogen and oxygen atoms in total. The number of hydrogen-bond donors (Lipinski definition) is 1. The number of fused-ring (bicyclic) bond motifs is 6. The number of methoxy groups -OCH3 is 1. The van der Waals surface area contributed by atoms with Crippen LogP contribution in [0.1, 0.15) is 56.2 Å². The Morgan fingerprint density at radius 1 is 1.04 bits per heavy atom. The Bertz CT molecular complexity index is 1070. The van der Waals surface area contributed by atoms with E-state index in [4.69, 9.17) is 4.74 Å². The molecule has 0 bridgehead atoms.